The minimum absolute atomic E-state index is 0.0376. The van der Waals surface area contributed by atoms with E-state index in [1.54, 1.807) is 0 Å². The van der Waals surface area contributed by atoms with Crippen LogP contribution in [0.3, 0.4) is 0 Å². The number of thioether (sulfide) groups is 1. The predicted octanol–water partition coefficient (Wildman–Crippen LogP) is 4.04. The number of aryl methyl sites for hydroxylation is 1. The van der Waals surface area contributed by atoms with Gasteiger partial charge in [-0.05, 0) is 43.7 Å². The van der Waals surface area contributed by atoms with Gasteiger partial charge in [0.15, 0.2) is 0 Å². The molecule has 2 fully saturated rings. The summed E-state index contributed by atoms with van der Waals surface area (Å²) in [5.41, 5.74) is 3.39. The SMILES string of the molecule is O=C(CCCC[C@@H]1SC[C@@H]2NC(=O)N[C@@H]21)N[C@H]1CCCc2c1[nH]c1c(Cl)cccc21. The Balaban J connectivity index is 1.13. The molecule has 0 unspecified atom stereocenters. The van der Waals surface area contributed by atoms with Crippen molar-refractivity contribution in [1.82, 2.24) is 20.9 Å². The van der Waals surface area contributed by atoms with E-state index >= 15 is 0 Å². The number of aromatic amines is 1. The van der Waals surface area contributed by atoms with Crippen LogP contribution in [0.2, 0.25) is 5.02 Å². The molecule has 4 N–H and O–H groups in total. The van der Waals surface area contributed by atoms with Gasteiger partial charge in [-0.15, -0.1) is 0 Å². The number of benzene rings is 1. The van der Waals surface area contributed by atoms with Gasteiger partial charge in [0.2, 0.25) is 5.91 Å². The number of carbonyl (C=O) groups excluding carboxylic acids is 2. The van der Waals surface area contributed by atoms with E-state index in [9.17, 15) is 9.59 Å². The highest BCUT2D eigenvalue weighted by molar-refractivity contribution is 8.00. The number of rotatable bonds is 6. The molecule has 6 nitrogen and oxygen atoms in total. The van der Waals surface area contributed by atoms with E-state index < -0.39 is 0 Å². The van der Waals surface area contributed by atoms with Crippen LogP contribution in [0.15, 0.2) is 18.2 Å². The molecular formula is C22H27ClN4O2S. The molecule has 30 heavy (non-hydrogen) atoms. The highest BCUT2D eigenvalue weighted by Crippen LogP contribution is 2.37. The molecule has 160 valence electrons. The number of nitrogens with one attached hydrogen (secondary N) is 4. The molecule has 0 radical (unpaired) electrons. The minimum Gasteiger partial charge on any atom is -0.355 e. The van der Waals surface area contributed by atoms with Crippen LogP contribution in [-0.2, 0) is 11.2 Å². The van der Waals surface area contributed by atoms with Crippen LogP contribution in [0.5, 0.6) is 0 Å². The first-order valence-electron chi connectivity index (χ1n) is 10.9. The minimum atomic E-state index is -0.0419. The van der Waals surface area contributed by atoms with Gasteiger partial charge in [-0.1, -0.05) is 30.2 Å². The number of hydrogen-bond acceptors (Lipinski definition) is 3. The number of H-pyrrole nitrogens is 1. The summed E-state index contributed by atoms with van der Waals surface area (Å²) in [7, 11) is 0. The normalized spacial score (nSPS) is 27.4. The zero-order valence-corrected chi connectivity index (χ0v) is 18.4. The fourth-order valence-electron chi connectivity index (χ4n) is 5.14. The van der Waals surface area contributed by atoms with Crippen molar-refractivity contribution >= 4 is 46.2 Å². The van der Waals surface area contributed by atoms with Crippen molar-refractivity contribution in [1.29, 1.82) is 0 Å². The molecular weight excluding hydrogens is 420 g/mol. The third kappa shape index (κ3) is 3.78. The van der Waals surface area contributed by atoms with Crippen LogP contribution in [0.4, 0.5) is 4.79 Å². The van der Waals surface area contributed by atoms with Crippen LogP contribution < -0.4 is 16.0 Å². The summed E-state index contributed by atoms with van der Waals surface area (Å²) in [5.74, 6) is 1.10. The van der Waals surface area contributed by atoms with Crippen LogP contribution in [-0.4, -0.2) is 40.0 Å². The second-order valence-corrected chi connectivity index (χ2v) is 10.2. The third-order valence-corrected chi connectivity index (χ3v) is 8.43. The van der Waals surface area contributed by atoms with E-state index in [0.717, 1.165) is 60.5 Å². The molecule has 8 heteroatoms. The van der Waals surface area contributed by atoms with Gasteiger partial charge in [0, 0.05) is 28.5 Å². The first-order chi connectivity index (χ1) is 14.6. The average molecular weight is 447 g/mol. The van der Waals surface area contributed by atoms with Crippen molar-refractivity contribution < 1.29 is 9.59 Å². The lowest BCUT2D eigenvalue weighted by atomic mass is 9.91. The molecule has 1 aromatic heterocycles. The number of hydrogen-bond donors (Lipinski definition) is 4. The van der Waals surface area contributed by atoms with Gasteiger partial charge >= 0.3 is 6.03 Å². The predicted molar refractivity (Wildman–Crippen MR) is 121 cm³/mol. The zero-order chi connectivity index (χ0) is 20.7. The molecule has 4 atom stereocenters. The van der Waals surface area contributed by atoms with E-state index in [4.69, 9.17) is 11.6 Å². The number of urea groups is 1. The Morgan fingerprint density at radius 3 is 3.07 bits per heavy atom. The third-order valence-electron chi connectivity index (χ3n) is 6.61. The maximum atomic E-state index is 12.6. The number of aromatic nitrogens is 1. The Hall–Kier alpha value is -1.86. The summed E-state index contributed by atoms with van der Waals surface area (Å²) < 4.78 is 0. The summed E-state index contributed by atoms with van der Waals surface area (Å²) in [6, 6.07) is 6.49. The topological polar surface area (TPSA) is 86.0 Å². The summed E-state index contributed by atoms with van der Waals surface area (Å²) in [4.78, 5) is 27.6. The molecule has 3 heterocycles. The largest absolute Gasteiger partial charge is 0.355 e. The molecule has 0 bridgehead atoms. The van der Waals surface area contributed by atoms with Crippen molar-refractivity contribution in [3.8, 4) is 0 Å². The lowest BCUT2D eigenvalue weighted by molar-refractivity contribution is -0.122. The van der Waals surface area contributed by atoms with Crippen molar-refractivity contribution in [2.24, 2.45) is 0 Å². The lowest BCUT2D eigenvalue weighted by Gasteiger charge is -2.24. The second-order valence-electron chi connectivity index (χ2n) is 8.56. The highest BCUT2D eigenvalue weighted by Gasteiger charge is 2.42. The van der Waals surface area contributed by atoms with Gasteiger partial charge < -0.3 is 20.9 Å². The maximum absolute atomic E-state index is 12.6. The standard InChI is InChI=1S/C22H27ClN4O2S/c23-14-7-3-5-12-13-6-4-8-15(20(13)26-19(12)14)24-18(28)10-2-1-9-17-21-16(11-30-17)25-22(29)27-21/h3,5,7,15-17,21,26H,1-2,4,6,8-11H2,(H,24,28)(H2,25,27,29)/t15-,16-,17-,21-/m0/s1. The van der Waals surface area contributed by atoms with Crippen molar-refractivity contribution in [2.75, 3.05) is 5.75 Å². The molecule has 2 aromatic rings. The number of halogens is 1. The maximum Gasteiger partial charge on any atom is 0.315 e. The fourth-order valence-corrected chi connectivity index (χ4v) is 6.90. The first-order valence-corrected chi connectivity index (χ1v) is 12.3. The monoisotopic (exact) mass is 446 g/mol. The number of unbranched alkanes of at least 4 members (excludes halogenated alkanes) is 1. The number of fused-ring (bicyclic) bond motifs is 4. The Morgan fingerprint density at radius 2 is 2.17 bits per heavy atom. The van der Waals surface area contributed by atoms with Crippen molar-refractivity contribution in [3.63, 3.8) is 0 Å². The van der Waals surface area contributed by atoms with Gasteiger partial charge in [0.1, 0.15) is 0 Å². The van der Waals surface area contributed by atoms with Crippen LogP contribution in [0, 0.1) is 0 Å². The zero-order valence-electron chi connectivity index (χ0n) is 16.8. The van der Waals surface area contributed by atoms with Gasteiger partial charge in [-0.3, -0.25) is 4.79 Å². The summed E-state index contributed by atoms with van der Waals surface area (Å²) in [5, 5.41) is 11.6. The van der Waals surface area contributed by atoms with Gasteiger partial charge in [-0.25, -0.2) is 4.79 Å². The smallest absolute Gasteiger partial charge is 0.315 e. The quantitative estimate of drug-likeness (QED) is 0.399. The van der Waals surface area contributed by atoms with Gasteiger partial charge in [0.25, 0.3) is 0 Å². The first kappa shape index (κ1) is 20.1. The van der Waals surface area contributed by atoms with Crippen molar-refractivity contribution in [3.05, 3.63) is 34.5 Å². The van der Waals surface area contributed by atoms with E-state index in [1.165, 1.54) is 10.9 Å². The Kier molecular flexibility index (Phi) is 5.58. The molecule has 0 saturated carbocycles. The number of carbonyl (C=O) groups is 2. The van der Waals surface area contributed by atoms with E-state index in [1.807, 2.05) is 23.9 Å². The second kappa shape index (κ2) is 8.35. The van der Waals surface area contributed by atoms with Crippen LogP contribution in [0.1, 0.15) is 55.8 Å². The lowest BCUT2D eigenvalue weighted by Crippen LogP contribution is -2.36. The summed E-state index contributed by atoms with van der Waals surface area (Å²) >= 11 is 8.29. The van der Waals surface area contributed by atoms with Gasteiger partial charge in [-0.2, -0.15) is 11.8 Å². The van der Waals surface area contributed by atoms with Crippen LogP contribution >= 0.6 is 23.4 Å². The van der Waals surface area contributed by atoms with E-state index in [0.29, 0.717) is 11.7 Å². The van der Waals surface area contributed by atoms with E-state index in [-0.39, 0.29) is 30.1 Å². The molecule has 1 aromatic carbocycles. The molecule has 2 saturated heterocycles. The van der Waals surface area contributed by atoms with E-state index in [2.05, 4.69) is 27.0 Å². The summed E-state index contributed by atoms with van der Waals surface area (Å²) in [6.45, 7) is 0. The van der Waals surface area contributed by atoms with Crippen molar-refractivity contribution in [2.45, 2.75) is 68.3 Å². The number of amides is 3. The average Bonchev–Trinajstić information content (AvgIpc) is 3.39. The summed E-state index contributed by atoms with van der Waals surface area (Å²) in [6.07, 6.45) is 6.50. The molecule has 3 amide bonds. The fraction of sp³-hybridized carbons (Fsp3) is 0.545. The Morgan fingerprint density at radius 1 is 1.27 bits per heavy atom. The number of para-hydroxylation sites is 1. The Bertz CT molecular complexity index is 977. The molecule has 5 rings (SSSR count). The molecule has 1 aliphatic carbocycles. The highest BCUT2D eigenvalue weighted by atomic mass is 35.5. The van der Waals surface area contributed by atoms with Crippen LogP contribution in [0.25, 0.3) is 10.9 Å². The molecule has 0 spiro atoms. The Labute approximate surface area is 185 Å². The molecule has 3 aliphatic rings. The molecule has 2 aliphatic heterocycles. The van der Waals surface area contributed by atoms with Gasteiger partial charge in [0.05, 0.1) is 28.7 Å².